The number of halogens is 1. The van der Waals surface area contributed by atoms with Crippen LogP contribution in [0, 0.1) is 5.82 Å². The van der Waals surface area contributed by atoms with Crippen LogP contribution >= 0.6 is 0 Å². The van der Waals surface area contributed by atoms with Crippen molar-refractivity contribution in [2.45, 2.75) is 42.7 Å². The van der Waals surface area contributed by atoms with E-state index in [0.29, 0.717) is 30.8 Å². The first kappa shape index (κ1) is 23.7. The molecule has 2 fully saturated rings. The van der Waals surface area contributed by atoms with E-state index in [0.717, 1.165) is 44.8 Å². The van der Waals surface area contributed by atoms with Crippen molar-refractivity contribution in [3.63, 3.8) is 0 Å². The Balaban J connectivity index is 1.37. The van der Waals surface area contributed by atoms with Crippen molar-refractivity contribution in [3.05, 3.63) is 59.9 Å². The van der Waals surface area contributed by atoms with Gasteiger partial charge in [0.15, 0.2) is 0 Å². The van der Waals surface area contributed by atoms with Crippen LogP contribution in [0.1, 0.15) is 36.0 Å². The van der Waals surface area contributed by atoms with Crippen LogP contribution in [0.4, 0.5) is 10.1 Å². The predicted molar refractivity (Wildman–Crippen MR) is 124 cm³/mol. The first-order chi connectivity index (χ1) is 15.9. The van der Waals surface area contributed by atoms with Gasteiger partial charge in [0, 0.05) is 50.6 Å². The minimum atomic E-state index is -4.10. The molecule has 4 rings (SSSR count). The van der Waals surface area contributed by atoms with Crippen LogP contribution in [-0.4, -0.2) is 69.6 Å². The number of hydrogen-bond donors (Lipinski definition) is 1. The zero-order chi connectivity index (χ0) is 23.4. The molecule has 2 aliphatic heterocycles. The molecular formula is C24H30FN3O4S. The second-order valence-electron chi connectivity index (χ2n) is 8.61. The van der Waals surface area contributed by atoms with E-state index in [1.807, 2.05) is 4.90 Å². The SMILES string of the molecule is COC1CCN(C2CCN(C(=O)c3cccc(NS(=O)(=O)c4ccccc4F)c3)CC2)CC1. The Hall–Kier alpha value is -2.49. The zero-order valence-electron chi connectivity index (χ0n) is 18.7. The summed E-state index contributed by atoms with van der Waals surface area (Å²) in [4.78, 5) is 17.0. The van der Waals surface area contributed by atoms with Crippen molar-refractivity contribution >= 4 is 21.6 Å². The molecule has 1 N–H and O–H groups in total. The number of amides is 1. The maximum Gasteiger partial charge on any atom is 0.264 e. The van der Waals surface area contributed by atoms with Crippen molar-refractivity contribution in [1.29, 1.82) is 0 Å². The molecule has 9 heteroatoms. The summed E-state index contributed by atoms with van der Waals surface area (Å²) in [5.74, 6) is -0.954. The van der Waals surface area contributed by atoms with Gasteiger partial charge in [0.25, 0.3) is 15.9 Å². The van der Waals surface area contributed by atoms with Crippen LogP contribution in [0.5, 0.6) is 0 Å². The Labute approximate surface area is 194 Å². The zero-order valence-corrected chi connectivity index (χ0v) is 19.6. The first-order valence-electron chi connectivity index (χ1n) is 11.3. The van der Waals surface area contributed by atoms with E-state index >= 15 is 0 Å². The molecule has 0 bridgehead atoms. The summed E-state index contributed by atoms with van der Waals surface area (Å²) in [5, 5.41) is 0. The van der Waals surface area contributed by atoms with Gasteiger partial charge in [-0.3, -0.25) is 9.52 Å². The number of anilines is 1. The second kappa shape index (κ2) is 10.2. The van der Waals surface area contributed by atoms with Crippen molar-refractivity contribution < 1.29 is 22.3 Å². The summed E-state index contributed by atoms with van der Waals surface area (Å²) in [6, 6.07) is 12.0. The average molecular weight is 476 g/mol. The highest BCUT2D eigenvalue weighted by molar-refractivity contribution is 7.92. The molecule has 0 spiro atoms. The monoisotopic (exact) mass is 475 g/mol. The Morgan fingerprint density at radius 2 is 1.70 bits per heavy atom. The van der Waals surface area contributed by atoms with Gasteiger partial charge in [0.2, 0.25) is 0 Å². The molecule has 0 saturated carbocycles. The summed E-state index contributed by atoms with van der Waals surface area (Å²) < 4.78 is 46.9. The number of hydrogen-bond acceptors (Lipinski definition) is 5. The number of nitrogens with one attached hydrogen (secondary N) is 1. The molecule has 178 valence electrons. The quantitative estimate of drug-likeness (QED) is 0.693. The van der Waals surface area contributed by atoms with Crippen LogP contribution in [0.25, 0.3) is 0 Å². The third kappa shape index (κ3) is 5.54. The lowest BCUT2D eigenvalue weighted by Gasteiger charge is -2.41. The molecule has 7 nitrogen and oxygen atoms in total. The standard InChI is InChI=1S/C24H30FN3O4S/c1-32-21-11-15-27(16-12-21)20-9-13-28(14-10-20)24(29)18-5-4-6-19(17-18)26-33(30,31)23-8-3-2-7-22(23)25/h2-8,17,20-21,26H,9-16H2,1H3. The molecule has 0 aromatic heterocycles. The van der Waals surface area contributed by atoms with Gasteiger partial charge in [-0.05, 0) is 56.0 Å². The molecule has 2 aromatic rings. The normalized spacial score (nSPS) is 18.9. The van der Waals surface area contributed by atoms with E-state index in [9.17, 15) is 17.6 Å². The minimum absolute atomic E-state index is 0.126. The van der Waals surface area contributed by atoms with Crippen molar-refractivity contribution in [1.82, 2.24) is 9.80 Å². The highest BCUT2D eigenvalue weighted by Gasteiger charge is 2.30. The number of likely N-dealkylation sites (tertiary alicyclic amines) is 2. The van der Waals surface area contributed by atoms with Crippen molar-refractivity contribution in [3.8, 4) is 0 Å². The molecule has 1 amide bonds. The topological polar surface area (TPSA) is 79.0 Å². The van der Waals surface area contributed by atoms with E-state index < -0.39 is 20.7 Å². The molecule has 0 aliphatic carbocycles. The summed E-state index contributed by atoms with van der Waals surface area (Å²) in [7, 11) is -2.33. The Kier molecular flexibility index (Phi) is 7.31. The maximum absolute atomic E-state index is 14.0. The molecule has 2 aliphatic rings. The number of carbonyl (C=O) groups excluding carboxylic acids is 1. The molecule has 0 radical (unpaired) electrons. The number of rotatable bonds is 6. The maximum atomic E-state index is 14.0. The molecule has 2 saturated heterocycles. The number of benzene rings is 2. The van der Waals surface area contributed by atoms with E-state index in [2.05, 4.69) is 9.62 Å². The largest absolute Gasteiger partial charge is 0.381 e. The fraction of sp³-hybridized carbons (Fsp3) is 0.458. The number of piperidine rings is 2. The molecule has 33 heavy (non-hydrogen) atoms. The molecule has 0 atom stereocenters. The van der Waals surface area contributed by atoms with Gasteiger partial charge in [0.05, 0.1) is 6.10 Å². The molecule has 2 aromatic carbocycles. The minimum Gasteiger partial charge on any atom is -0.381 e. The molecular weight excluding hydrogens is 445 g/mol. The van der Waals surface area contributed by atoms with Crippen LogP contribution in [0.2, 0.25) is 0 Å². The van der Waals surface area contributed by atoms with Gasteiger partial charge in [0.1, 0.15) is 10.7 Å². The molecule has 0 unspecified atom stereocenters. The van der Waals surface area contributed by atoms with Gasteiger partial charge in [-0.1, -0.05) is 18.2 Å². The number of sulfonamides is 1. The van der Waals surface area contributed by atoms with E-state index in [4.69, 9.17) is 4.74 Å². The Morgan fingerprint density at radius 3 is 2.36 bits per heavy atom. The number of methoxy groups -OCH3 is 1. The summed E-state index contributed by atoms with van der Waals surface area (Å²) in [5.41, 5.74) is 0.628. The van der Waals surface area contributed by atoms with Crippen molar-refractivity contribution in [2.24, 2.45) is 0 Å². The highest BCUT2D eigenvalue weighted by atomic mass is 32.2. The summed E-state index contributed by atoms with van der Waals surface area (Å²) >= 11 is 0. The fourth-order valence-electron chi connectivity index (χ4n) is 4.68. The molecule has 2 heterocycles. The average Bonchev–Trinajstić information content (AvgIpc) is 2.84. The highest BCUT2D eigenvalue weighted by Crippen LogP contribution is 2.24. The van der Waals surface area contributed by atoms with Gasteiger partial charge in [-0.2, -0.15) is 0 Å². The van der Waals surface area contributed by atoms with Gasteiger partial charge < -0.3 is 14.5 Å². The van der Waals surface area contributed by atoms with Crippen LogP contribution < -0.4 is 4.72 Å². The lowest BCUT2D eigenvalue weighted by molar-refractivity contribution is 0.0145. The number of nitrogens with zero attached hydrogens (tertiary/aromatic N) is 2. The first-order valence-corrected chi connectivity index (χ1v) is 12.8. The number of ether oxygens (including phenoxy) is 1. The second-order valence-corrected chi connectivity index (χ2v) is 10.3. The lowest BCUT2D eigenvalue weighted by atomic mass is 9.98. The van der Waals surface area contributed by atoms with Gasteiger partial charge in [-0.25, -0.2) is 12.8 Å². The van der Waals surface area contributed by atoms with E-state index in [-0.39, 0.29) is 11.6 Å². The van der Waals surface area contributed by atoms with Gasteiger partial charge in [-0.15, -0.1) is 0 Å². The fourth-order valence-corrected chi connectivity index (χ4v) is 5.81. The summed E-state index contributed by atoms with van der Waals surface area (Å²) in [6.45, 7) is 3.39. The smallest absolute Gasteiger partial charge is 0.264 e. The van der Waals surface area contributed by atoms with E-state index in [1.165, 1.54) is 24.3 Å². The van der Waals surface area contributed by atoms with Crippen molar-refractivity contribution in [2.75, 3.05) is 38.0 Å². The van der Waals surface area contributed by atoms with Crippen LogP contribution in [0.3, 0.4) is 0 Å². The summed E-state index contributed by atoms with van der Waals surface area (Å²) in [6.07, 6.45) is 4.29. The third-order valence-electron chi connectivity index (χ3n) is 6.57. The van der Waals surface area contributed by atoms with E-state index in [1.54, 1.807) is 25.3 Å². The number of carbonyl (C=O) groups is 1. The third-order valence-corrected chi connectivity index (χ3v) is 7.98. The van der Waals surface area contributed by atoms with Gasteiger partial charge >= 0.3 is 0 Å². The Morgan fingerprint density at radius 1 is 1.00 bits per heavy atom. The van der Waals surface area contributed by atoms with Crippen LogP contribution in [-0.2, 0) is 14.8 Å². The Bertz CT molecular complexity index is 1080. The lowest BCUT2D eigenvalue weighted by Crippen LogP contribution is -2.49. The predicted octanol–water partition coefficient (Wildman–Crippen LogP) is 3.34. The van der Waals surface area contributed by atoms with Crippen LogP contribution in [0.15, 0.2) is 53.4 Å².